The Bertz CT molecular complexity index is 661. The van der Waals surface area contributed by atoms with E-state index in [1.807, 2.05) is 37.3 Å². The van der Waals surface area contributed by atoms with E-state index in [2.05, 4.69) is 4.72 Å². The maximum Gasteiger partial charge on any atom is 0.241 e. The highest BCUT2D eigenvalue weighted by Crippen LogP contribution is 2.22. The zero-order valence-corrected chi connectivity index (χ0v) is 11.7. The van der Waals surface area contributed by atoms with Gasteiger partial charge in [-0.1, -0.05) is 36.4 Å². The minimum atomic E-state index is -3.49. The Morgan fingerprint density at radius 2 is 1.84 bits per heavy atom. The van der Waals surface area contributed by atoms with Gasteiger partial charge in [0.15, 0.2) is 0 Å². The van der Waals surface area contributed by atoms with E-state index < -0.39 is 10.0 Å². The predicted octanol–water partition coefficient (Wildman–Crippen LogP) is 1.86. The van der Waals surface area contributed by atoms with Crippen molar-refractivity contribution in [3.05, 3.63) is 42.5 Å². The highest BCUT2D eigenvalue weighted by Gasteiger charge is 2.16. The number of benzene rings is 2. The second-order valence-corrected chi connectivity index (χ2v) is 6.38. The highest BCUT2D eigenvalue weighted by atomic mass is 32.2. The molecule has 0 amide bonds. The van der Waals surface area contributed by atoms with Crippen LogP contribution in [-0.2, 0) is 10.0 Å². The zero-order chi connectivity index (χ0) is 13.9. The molecule has 2 aromatic carbocycles. The maximum absolute atomic E-state index is 12.3. The molecule has 0 aromatic heterocycles. The fourth-order valence-corrected chi connectivity index (χ4v) is 3.20. The Labute approximate surface area is 113 Å². The molecule has 19 heavy (non-hydrogen) atoms. The molecule has 0 spiro atoms. The van der Waals surface area contributed by atoms with E-state index >= 15 is 0 Å². The predicted molar refractivity (Wildman–Crippen MR) is 77.4 cm³/mol. The molecule has 0 aliphatic rings. The van der Waals surface area contributed by atoms with E-state index in [1.165, 1.54) is 0 Å². The van der Waals surface area contributed by atoms with Gasteiger partial charge in [0.25, 0.3) is 0 Å². The molecule has 102 valence electrons. The van der Waals surface area contributed by atoms with Crippen LogP contribution in [0.3, 0.4) is 0 Å². The average molecular weight is 278 g/mol. The Morgan fingerprint density at radius 1 is 1.16 bits per heavy atom. The van der Waals surface area contributed by atoms with Crippen molar-refractivity contribution in [3.8, 4) is 0 Å². The first kappa shape index (κ1) is 14.0. The third kappa shape index (κ3) is 3.32. The van der Waals surface area contributed by atoms with Crippen LogP contribution >= 0.6 is 0 Å². The van der Waals surface area contributed by atoms with Crippen molar-refractivity contribution in [1.29, 1.82) is 0 Å². The fraction of sp³-hybridized carbons (Fsp3) is 0.286. The summed E-state index contributed by atoms with van der Waals surface area (Å²) >= 11 is 0. The number of rotatable bonds is 5. The summed E-state index contributed by atoms with van der Waals surface area (Å²) < 4.78 is 27.1. The Morgan fingerprint density at radius 3 is 2.58 bits per heavy atom. The smallest absolute Gasteiger partial charge is 0.241 e. The lowest BCUT2D eigenvalue weighted by Crippen LogP contribution is -2.29. The topological polar surface area (TPSA) is 72.2 Å². The molecule has 0 aliphatic heterocycles. The van der Waals surface area contributed by atoms with Crippen LogP contribution in [0.15, 0.2) is 47.4 Å². The molecule has 1 atom stereocenters. The van der Waals surface area contributed by atoms with Crippen molar-refractivity contribution in [2.45, 2.75) is 24.3 Å². The number of sulfonamides is 1. The van der Waals surface area contributed by atoms with Crippen molar-refractivity contribution in [1.82, 2.24) is 4.72 Å². The summed E-state index contributed by atoms with van der Waals surface area (Å²) in [6, 6.07) is 12.7. The van der Waals surface area contributed by atoms with Crippen molar-refractivity contribution >= 4 is 20.8 Å². The van der Waals surface area contributed by atoms with E-state index in [9.17, 15) is 8.42 Å². The van der Waals surface area contributed by atoms with Crippen molar-refractivity contribution in [3.63, 3.8) is 0 Å². The van der Waals surface area contributed by atoms with Gasteiger partial charge >= 0.3 is 0 Å². The molecule has 0 radical (unpaired) electrons. The van der Waals surface area contributed by atoms with Crippen LogP contribution in [-0.4, -0.2) is 21.0 Å². The van der Waals surface area contributed by atoms with Crippen LogP contribution in [0.2, 0.25) is 0 Å². The molecular weight excluding hydrogens is 260 g/mol. The second-order valence-electron chi connectivity index (χ2n) is 4.64. The van der Waals surface area contributed by atoms with Crippen LogP contribution < -0.4 is 10.5 Å². The lowest BCUT2D eigenvalue weighted by atomic mass is 10.1. The quantitative estimate of drug-likeness (QED) is 0.876. The number of fused-ring (bicyclic) bond motifs is 1. The Hall–Kier alpha value is -1.43. The second kappa shape index (κ2) is 5.69. The van der Waals surface area contributed by atoms with Gasteiger partial charge in [-0.2, -0.15) is 0 Å². The van der Waals surface area contributed by atoms with Crippen LogP contribution in [0.4, 0.5) is 0 Å². The standard InChI is InChI=1S/C14H18N2O2S/c1-11(15)9-10-16-19(17,18)14-8-4-6-12-5-2-3-7-13(12)14/h2-8,11,16H,9-10,15H2,1H3/t11-/m1/s1. The largest absolute Gasteiger partial charge is 0.328 e. The summed E-state index contributed by atoms with van der Waals surface area (Å²) in [5.74, 6) is 0. The minimum Gasteiger partial charge on any atom is -0.328 e. The summed E-state index contributed by atoms with van der Waals surface area (Å²) in [7, 11) is -3.49. The maximum atomic E-state index is 12.3. The van der Waals surface area contributed by atoms with Gasteiger partial charge in [-0.15, -0.1) is 0 Å². The molecule has 4 nitrogen and oxygen atoms in total. The summed E-state index contributed by atoms with van der Waals surface area (Å²) in [5, 5.41) is 1.65. The van der Waals surface area contributed by atoms with Gasteiger partial charge in [-0.05, 0) is 24.8 Å². The third-order valence-electron chi connectivity index (χ3n) is 2.93. The van der Waals surface area contributed by atoms with E-state index in [0.717, 1.165) is 10.8 Å². The first-order valence-electron chi connectivity index (χ1n) is 6.24. The van der Waals surface area contributed by atoms with E-state index in [0.29, 0.717) is 17.9 Å². The van der Waals surface area contributed by atoms with Gasteiger partial charge in [0.2, 0.25) is 10.0 Å². The molecule has 0 heterocycles. The van der Waals surface area contributed by atoms with Gasteiger partial charge in [-0.25, -0.2) is 13.1 Å². The van der Waals surface area contributed by atoms with Gasteiger partial charge in [0.1, 0.15) is 0 Å². The van der Waals surface area contributed by atoms with Crippen LogP contribution in [0.5, 0.6) is 0 Å². The Balaban J connectivity index is 2.33. The number of nitrogens with one attached hydrogen (secondary N) is 1. The first-order valence-corrected chi connectivity index (χ1v) is 7.72. The van der Waals surface area contributed by atoms with Crippen molar-refractivity contribution in [2.75, 3.05) is 6.54 Å². The highest BCUT2D eigenvalue weighted by molar-refractivity contribution is 7.89. The summed E-state index contributed by atoms with van der Waals surface area (Å²) in [4.78, 5) is 0.315. The van der Waals surface area contributed by atoms with Crippen LogP contribution in [0.25, 0.3) is 10.8 Å². The van der Waals surface area contributed by atoms with Gasteiger partial charge in [0.05, 0.1) is 4.90 Å². The summed E-state index contributed by atoms with van der Waals surface area (Å²) in [6.07, 6.45) is 0.615. The number of hydrogen-bond donors (Lipinski definition) is 2. The number of nitrogens with two attached hydrogens (primary N) is 1. The Kier molecular flexibility index (Phi) is 4.19. The molecule has 0 unspecified atom stereocenters. The molecular formula is C14H18N2O2S. The first-order chi connectivity index (χ1) is 9.00. The van der Waals surface area contributed by atoms with Crippen molar-refractivity contribution < 1.29 is 8.42 Å². The zero-order valence-electron chi connectivity index (χ0n) is 10.8. The monoisotopic (exact) mass is 278 g/mol. The van der Waals surface area contributed by atoms with Gasteiger partial charge in [0, 0.05) is 18.0 Å². The number of hydrogen-bond acceptors (Lipinski definition) is 3. The van der Waals surface area contributed by atoms with Gasteiger partial charge < -0.3 is 5.73 Å². The summed E-state index contributed by atoms with van der Waals surface area (Å²) in [5.41, 5.74) is 5.62. The molecule has 0 fully saturated rings. The van der Waals surface area contributed by atoms with Crippen molar-refractivity contribution in [2.24, 2.45) is 5.73 Å². The SMILES string of the molecule is C[C@@H](N)CCNS(=O)(=O)c1cccc2ccccc12. The van der Waals surface area contributed by atoms with E-state index in [4.69, 9.17) is 5.73 Å². The lowest BCUT2D eigenvalue weighted by Gasteiger charge is -2.10. The van der Waals surface area contributed by atoms with E-state index in [-0.39, 0.29) is 6.04 Å². The summed E-state index contributed by atoms with van der Waals surface area (Å²) in [6.45, 7) is 2.20. The van der Waals surface area contributed by atoms with E-state index in [1.54, 1.807) is 12.1 Å². The fourth-order valence-electron chi connectivity index (χ4n) is 1.93. The molecule has 3 N–H and O–H groups in total. The molecule has 2 aromatic rings. The molecule has 0 saturated heterocycles. The van der Waals surface area contributed by atoms with Gasteiger partial charge in [-0.3, -0.25) is 0 Å². The minimum absolute atomic E-state index is 0.0183. The lowest BCUT2D eigenvalue weighted by molar-refractivity contribution is 0.572. The molecule has 0 bridgehead atoms. The molecule has 0 saturated carbocycles. The van der Waals surface area contributed by atoms with Crippen LogP contribution in [0.1, 0.15) is 13.3 Å². The molecule has 0 aliphatic carbocycles. The normalized spacial score (nSPS) is 13.6. The van der Waals surface area contributed by atoms with Crippen LogP contribution in [0, 0.1) is 0 Å². The molecule has 2 rings (SSSR count). The average Bonchev–Trinajstić information content (AvgIpc) is 2.37. The third-order valence-corrected chi connectivity index (χ3v) is 4.45. The molecule has 5 heteroatoms.